The molecular formula is C24H26N4O3S. The maximum absolute atomic E-state index is 12.8. The molecule has 2 aromatic carbocycles. The zero-order chi connectivity index (χ0) is 22.1. The summed E-state index contributed by atoms with van der Waals surface area (Å²) in [5.41, 5.74) is 5.46. The number of hydrogen-bond acceptors (Lipinski definition) is 5. The first kappa shape index (κ1) is 20.9. The topological polar surface area (TPSA) is 95.2 Å². The van der Waals surface area contributed by atoms with Crippen LogP contribution < -0.4 is 5.32 Å². The molecule has 2 fully saturated rings. The fourth-order valence-electron chi connectivity index (χ4n) is 3.99. The molecule has 1 aliphatic carbocycles. The normalized spacial score (nSPS) is 18.4. The summed E-state index contributed by atoms with van der Waals surface area (Å²) in [7, 11) is -2.90. The van der Waals surface area contributed by atoms with Crippen LogP contribution in [0.5, 0.6) is 0 Å². The van der Waals surface area contributed by atoms with Gasteiger partial charge in [-0.25, -0.2) is 8.42 Å². The minimum Gasteiger partial charge on any atom is -0.322 e. The van der Waals surface area contributed by atoms with Crippen molar-refractivity contribution in [3.63, 3.8) is 0 Å². The van der Waals surface area contributed by atoms with Gasteiger partial charge in [0, 0.05) is 36.8 Å². The summed E-state index contributed by atoms with van der Waals surface area (Å²) in [5, 5.41) is 10.4. The molecule has 5 rings (SSSR count). The largest absolute Gasteiger partial charge is 0.322 e. The third-order valence-electron chi connectivity index (χ3n) is 6.08. The molecule has 1 aromatic heterocycles. The Bertz CT molecular complexity index is 1220. The Morgan fingerprint density at radius 3 is 2.53 bits per heavy atom. The number of aromatic nitrogens is 2. The van der Waals surface area contributed by atoms with Gasteiger partial charge in [-0.1, -0.05) is 24.3 Å². The summed E-state index contributed by atoms with van der Waals surface area (Å²) in [6.45, 7) is 1.70. The smallest absolute Gasteiger partial charge is 0.255 e. The van der Waals surface area contributed by atoms with Crippen LogP contribution in [0, 0.1) is 0 Å². The number of carbonyl (C=O) groups excluding carboxylic acids is 1. The lowest BCUT2D eigenvalue weighted by molar-refractivity contribution is 0.102. The zero-order valence-corrected chi connectivity index (χ0v) is 18.6. The monoisotopic (exact) mass is 450 g/mol. The van der Waals surface area contributed by atoms with Gasteiger partial charge >= 0.3 is 0 Å². The standard InChI is InChI=1S/C24H26N4O3S/c29-24(20-3-1-2-17(14-20)16-28-10-12-32(30,31)13-11-28)25-21-8-6-19(7-9-21)23-15-22(26-27-23)18-4-5-18/h1-3,6-9,14-15,18H,4-5,10-13,16H2,(H,25,29)(H,26,27). The van der Waals surface area contributed by atoms with Crippen LogP contribution >= 0.6 is 0 Å². The zero-order valence-electron chi connectivity index (χ0n) is 17.8. The van der Waals surface area contributed by atoms with Crippen LogP contribution in [-0.2, 0) is 16.4 Å². The number of rotatable bonds is 6. The molecule has 0 spiro atoms. The number of nitrogens with one attached hydrogen (secondary N) is 2. The second kappa shape index (κ2) is 8.52. The number of aromatic amines is 1. The van der Waals surface area contributed by atoms with Crippen LogP contribution in [0.15, 0.2) is 54.6 Å². The minimum atomic E-state index is -2.90. The molecule has 2 aliphatic rings. The summed E-state index contributed by atoms with van der Waals surface area (Å²) in [5.74, 6) is 0.836. The molecule has 32 heavy (non-hydrogen) atoms. The van der Waals surface area contributed by atoms with E-state index in [2.05, 4.69) is 26.5 Å². The van der Waals surface area contributed by atoms with Gasteiger partial charge in [0.25, 0.3) is 5.91 Å². The number of sulfone groups is 1. The number of benzene rings is 2. The average Bonchev–Trinajstić information content (AvgIpc) is 3.53. The van der Waals surface area contributed by atoms with Crippen molar-refractivity contribution in [1.29, 1.82) is 0 Å². The van der Waals surface area contributed by atoms with E-state index < -0.39 is 9.84 Å². The summed E-state index contributed by atoms with van der Waals surface area (Å²) in [4.78, 5) is 14.9. The van der Waals surface area contributed by atoms with E-state index in [1.165, 1.54) is 12.8 Å². The van der Waals surface area contributed by atoms with E-state index in [9.17, 15) is 13.2 Å². The molecular weight excluding hydrogens is 424 g/mol. The molecule has 2 N–H and O–H groups in total. The summed E-state index contributed by atoms with van der Waals surface area (Å²) in [6.07, 6.45) is 2.44. The molecule has 8 heteroatoms. The first-order valence-electron chi connectivity index (χ1n) is 10.9. The van der Waals surface area contributed by atoms with E-state index in [0.717, 1.165) is 28.2 Å². The third kappa shape index (κ3) is 4.92. The molecule has 1 saturated heterocycles. The van der Waals surface area contributed by atoms with E-state index in [0.29, 0.717) is 31.1 Å². The molecule has 0 atom stereocenters. The first-order chi connectivity index (χ1) is 15.4. The highest BCUT2D eigenvalue weighted by Crippen LogP contribution is 2.40. The lowest BCUT2D eigenvalue weighted by Gasteiger charge is -2.26. The second-order valence-electron chi connectivity index (χ2n) is 8.64. The molecule has 166 valence electrons. The molecule has 1 saturated carbocycles. The minimum absolute atomic E-state index is 0.168. The number of H-pyrrole nitrogens is 1. The predicted octanol–water partition coefficient (Wildman–Crippen LogP) is 3.44. The summed E-state index contributed by atoms with van der Waals surface area (Å²) >= 11 is 0. The lowest BCUT2D eigenvalue weighted by atomic mass is 10.1. The number of nitrogens with zero attached hydrogens (tertiary/aromatic N) is 2. The number of amides is 1. The van der Waals surface area contributed by atoms with Crippen molar-refractivity contribution in [3.05, 3.63) is 71.4 Å². The number of anilines is 1. The van der Waals surface area contributed by atoms with Crippen molar-refractivity contribution >= 4 is 21.4 Å². The lowest BCUT2D eigenvalue weighted by Crippen LogP contribution is -2.39. The van der Waals surface area contributed by atoms with E-state index in [4.69, 9.17) is 0 Å². The van der Waals surface area contributed by atoms with Gasteiger partial charge in [0.1, 0.15) is 0 Å². The van der Waals surface area contributed by atoms with Crippen LogP contribution in [0.2, 0.25) is 0 Å². The van der Waals surface area contributed by atoms with Crippen molar-refractivity contribution in [2.75, 3.05) is 29.9 Å². The molecule has 0 unspecified atom stereocenters. The molecule has 1 aliphatic heterocycles. The fraction of sp³-hybridized carbons (Fsp3) is 0.333. The molecule has 3 aromatic rings. The van der Waals surface area contributed by atoms with Gasteiger partial charge < -0.3 is 5.32 Å². The molecule has 0 radical (unpaired) electrons. The Morgan fingerprint density at radius 2 is 1.81 bits per heavy atom. The Kier molecular flexibility index (Phi) is 5.57. The van der Waals surface area contributed by atoms with E-state index in [1.807, 2.05) is 42.5 Å². The van der Waals surface area contributed by atoms with Crippen LogP contribution in [0.25, 0.3) is 11.3 Å². The van der Waals surface area contributed by atoms with Gasteiger partial charge in [0.2, 0.25) is 0 Å². The van der Waals surface area contributed by atoms with E-state index >= 15 is 0 Å². The number of hydrogen-bond donors (Lipinski definition) is 2. The summed E-state index contributed by atoms with van der Waals surface area (Å²) in [6, 6.07) is 17.3. The van der Waals surface area contributed by atoms with Gasteiger partial charge in [-0.3, -0.25) is 14.8 Å². The Labute approximate surface area is 187 Å². The number of carbonyl (C=O) groups is 1. The van der Waals surface area contributed by atoms with Crippen LogP contribution in [0.1, 0.15) is 40.4 Å². The quantitative estimate of drug-likeness (QED) is 0.600. The second-order valence-corrected chi connectivity index (χ2v) is 10.9. The Morgan fingerprint density at radius 1 is 1.06 bits per heavy atom. The van der Waals surface area contributed by atoms with Gasteiger partial charge in [-0.15, -0.1) is 0 Å². The maximum Gasteiger partial charge on any atom is 0.255 e. The van der Waals surface area contributed by atoms with Crippen molar-refractivity contribution in [3.8, 4) is 11.3 Å². The van der Waals surface area contributed by atoms with Gasteiger partial charge in [0.15, 0.2) is 9.84 Å². The van der Waals surface area contributed by atoms with Crippen LogP contribution in [0.3, 0.4) is 0 Å². The van der Waals surface area contributed by atoms with Gasteiger partial charge in [-0.2, -0.15) is 5.10 Å². The Balaban J connectivity index is 1.21. The van der Waals surface area contributed by atoms with Gasteiger partial charge in [-0.05, 0) is 54.3 Å². The predicted molar refractivity (Wildman–Crippen MR) is 124 cm³/mol. The van der Waals surface area contributed by atoms with Crippen molar-refractivity contribution in [2.45, 2.75) is 25.3 Å². The van der Waals surface area contributed by atoms with E-state index in [1.54, 1.807) is 6.07 Å². The molecule has 1 amide bonds. The highest BCUT2D eigenvalue weighted by Gasteiger charge is 2.26. The molecule has 7 nitrogen and oxygen atoms in total. The first-order valence-corrected chi connectivity index (χ1v) is 12.8. The van der Waals surface area contributed by atoms with E-state index in [-0.39, 0.29) is 17.4 Å². The van der Waals surface area contributed by atoms with Gasteiger partial charge in [0.05, 0.1) is 22.9 Å². The molecule has 0 bridgehead atoms. The van der Waals surface area contributed by atoms with Crippen molar-refractivity contribution < 1.29 is 13.2 Å². The van der Waals surface area contributed by atoms with Crippen LogP contribution in [0.4, 0.5) is 5.69 Å². The highest BCUT2D eigenvalue weighted by molar-refractivity contribution is 7.91. The van der Waals surface area contributed by atoms with Crippen molar-refractivity contribution in [2.24, 2.45) is 0 Å². The van der Waals surface area contributed by atoms with Crippen LogP contribution in [-0.4, -0.2) is 54.0 Å². The fourth-order valence-corrected chi connectivity index (χ4v) is 5.26. The maximum atomic E-state index is 12.8. The Hall–Kier alpha value is -2.97. The third-order valence-corrected chi connectivity index (χ3v) is 7.69. The summed E-state index contributed by atoms with van der Waals surface area (Å²) < 4.78 is 23.2. The SMILES string of the molecule is O=C(Nc1ccc(-c2cc(C3CC3)n[nH]2)cc1)c1cccc(CN2CCS(=O)(=O)CC2)c1. The highest BCUT2D eigenvalue weighted by atomic mass is 32.2. The van der Waals surface area contributed by atoms with Crippen molar-refractivity contribution in [1.82, 2.24) is 15.1 Å². The molecule has 2 heterocycles. The average molecular weight is 451 g/mol.